The predicted molar refractivity (Wildman–Crippen MR) is 81.6 cm³/mol. The van der Waals surface area contributed by atoms with Crippen molar-refractivity contribution in [1.29, 1.82) is 0 Å². The van der Waals surface area contributed by atoms with Crippen molar-refractivity contribution < 1.29 is 9.53 Å². The molecule has 20 heavy (non-hydrogen) atoms. The van der Waals surface area contributed by atoms with Crippen LogP contribution >= 0.6 is 23.2 Å². The number of carbonyl (C=O) groups excluding carboxylic acids is 1. The normalized spacial score (nSPS) is 10.3. The van der Waals surface area contributed by atoms with E-state index in [-0.39, 0.29) is 5.91 Å². The van der Waals surface area contributed by atoms with Gasteiger partial charge in [-0.05, 0) is 35.9 Å². The zero-order chi connectivity index (χ0) is 14.5. The summed E-state index contributed by atoms with van der Waals surface area (Å²) in [4.78, 5) is 12.2. The molecule has 1 amide bonds. The fourth-order valence-corrected chi connectivity index (χ4v) is 2.32. The van der Waals surface area contributed by atoms with Gasteiger partial charge in [0.2, 0.25) is 0 Å². The molecule has 0 radical (unpaired) electrons. The third-order valence-electron chi connectivity index (χ3n) is 2.62. The molecule has 1 N–H and O–H groups in total. The van der Waals surface area contributed by atoms with Gasteiger partial charge >= 0.3 is 0 Å². The van der Waals surface area contributed by atoms with Gasteiger partial charge in [0.1, 0.15) is 0 Å². The first-order valence-electron chi connectivity index (χ1n) is 5.94. The maximum absolute atomic E-state index is 12.2. The van der Waals surface area contributed by atoms with Gasteiger partial charge in [-0.1, -0.05) is 35.3 Å². The van der Waals surface area contributed by atoms with Crippen LogP contribution in [0.4, 0.5) is 5.69 Å². The zero-order valence-corrected chi connectivity index (χ0v) is 12.3. The van der Waals surface area contributed by atoms with Crippen LogP contribution in [0.5, 0.6) is 0 Å². The summed E-state index contributed by atoms with van der Waals surface area (Å²) in [6, 6.07) is 12.1. The molecule has 0 aromatic heterocycles. The number of methoxy groups -OCH3 is 1. The van der Waals surface area contributed by atoms with Gasteiger partial charge in [0, 0.05) is 28.4 Å². The summed E-state index contributed by atoms with van der Waals surface area (Å²) in [7, 11) is 1.61. The van der Waals surface area contributed by atoms with Crippen molar-refractivity contribution in [2.45, 2.75) is 6.61 Å². The second-order valence-electron chi connectivity index (χ2n) is 4.25. The molecule has 0 aliphatic rings. The minimum absolute atomic E-state index is 0.221. The molecular weight excluding hydrogens is 297 g/mol. The van der Waals surface area contributed by atoms with E-state index in [1.54, 1.807) is 37.4 Å². The highest BCUT2D eigenvalue weighted by molar-refractivity contribution is 6.35. The molecule has 0 atom stereocenters. The maximum Gasteiger partial charge on any atom is 0.255 e. The Morgan fingerprint density at radius 1 is 1.15 bits per heavy atom. The molecule has 2 rings (SSSR count). The van der Waals surface area contributed by atoms with E-state index < -0.39 is 0 Å². The van der Waals surface area contributed by atoms with Gasteiger partial charge in [-0.2, -0.15) is 0 Å². The molecule has 0 unspecified atom stereocenters. The highest BCUT2D eigenvalue weighted by Crippen LogP contribution is 2.23. The van der Waals surface area contributed by atoms with E-state index in [9.17, 15) is 4.79 Å². The monoisotopic (exact) mass is 309 g/mol. The molecule has 0 saturated carbocycles. The van der Waals surface area contributed by atoms with Crippen LogP contribution in [0.2, 0.25) is 10.0 Å². The first-order chi connectivity index (χ1) is 9.58. The van der Waals surface area contributed by atoms with Crippen molar-refractivity contribution in [3.8, 4) is 0 Å². The van der Waals surface area contributed by atoms with Gasteiger partial charge in [-0.25, -0.2) is 0 Å². The average Bonchev–Trinajstić information content (AvgIpc) is 2.38. The van der Waals surface area contributed by atoms with E-state index in [2.05, 4.69) is 5.32 Å². The van der Waals surface area contributed by atoms with Crippen molar-refractivity contribution in [2.75, 3.05) is 12.4 Å². The van der Waals surface area contributed by atoms with Crippen LogP contribution in [-0.2, 0) is 11.3 Å². The van der Waals surface area contributed by atoms with Gasteiger partial charge < -0.3 is 10.1 Å². The smallest absolute Gasteiger partial charge is 0.255 e. The van der Waals surface area contributed by atoms with Crippen LogP contribution in [0.3, 0.4) is 0 Å². The minimum atomic E-state index is -0.221. The Bertz CT molecular complexity index is 609. The van der Waals surface area contributed by atoms with Crippen molar-refractivity contribution >= 4 is 34.8 Å². The van der Waals surface area contributed by atoms with Crippen LogP contribution in [-0.4, -0.2) is 13.0 Å². The molecule has 0 bridgehead atoms. The summed E-state index contributed by atoms with van der Waals surface area (Å²) in [5.74, 6) is -0.221. The summed E-state index contributed by atoms with van der Waals surface area (Å²) >= 11 is 11.8. The number of hydrogen-bond donors (Lipinski definition) is 1. The number of halogens is 2. The van der Waals surface area contributed by atoms with Crippen LogP contribution < -0.4 is 5.32 Å². The maximum atomic E-state index is 12.2. The lowest BCUT2D eigenvalue weighted by Crippen LogP contribution is -2.12. The van der Waals surface area contributed by atoms with Gasteiger partial charge in [0.05, 0.1) is 6.61 Å². The first-order valence-corrected chi connectivity index (χ1v) is 6.69. The Morgan fingerprint density at radius 2 is 1.85 bits per heavy atom. The van der Waals surface area contributed by atoms with Crippen molar-refractivity contribution in [3.05, 3.63) is 63.6 Å². The third kappa shape index (κ3) is 3.97. The van der Waals surface area contributed by atoms with E-state index in [1.165, 1.54) is 0 Å². The van der Waals surface area contributed by atoms with E-state index in [0.29, 0.717) is 27.9 Å². The molecule has 0 aliphatic heterocycles. The van der Waals surface area contributed by atoms with Gasteiger partial charge in [-0.3, -0.25) is 4.79 Å². The topological polar surface area (TPSA) is 38.3 Å². The molecule has 0 heterocycles. The Hall–Kier alpha value is -1.55. The summed E-state index contributed by atoms with van der Waals surface area (Å²) in [5.41, 5.74) is 2.05. The molecule has 104 valence electrons. The van der Waals surface area contributed by atoms with Crippen LogP contribution in [0.15, 0.2) is 42.5 Å². The standard InChI is InChI=1S/C15H13Cl2NO2/c1-20-9-10-3-2-4-11(5-10)15(19)18-14-7-12(16)6-13(17)8-14/h2-8H,9H2,1H3,(H,18,19). The number of ether oxygens (including phenoxy) is 1. The lowest BCUT2D eigenvalue weighted by molar-refractivity contribution is 0.102. The number of hydrogen-bond acceptors (Lipinski definition) is 2. The van der Waals surface area contributed by atoms with Gasteiger partial charge in [0.15, 0.2) is 0 Å². The van der Waals surface area contributed by atoms with Crippen LogP contribution in [0.1, 0.15) is 15.9 Å². The predicted octanol–water partition coefficient (Wildman–Crippen LogP) is 4.39. The Kier molecular flexibility index (Phi) is 5.01. The number of benzene rings is 2. The quantitative estimate of drug-likeness (QED) is 0.909. The highest BCUT2D eigenvalue weighted by Gasteiger charge is 2.08. The summed E-state index contributed by atoms with van der Waals surface area (Å²) < 4.78 is 5.05. The number of nitrogens with one attached hydrogen (secondary N) is 1. The second kappa shape index (κ2) is 6.75. The molecule has 2 aromatic carbocycles. The number of rotatable bonds is 4. The van der Waals surface area contributed by atoms with Crippen molar-refractivity contribution in [1.82, 2.24) is 0 Å². The number of anilines is 1. The SMILES string of the molecule is COCc1cccc(C(=O)Nc2cc(Cl)cc(Cl)c2)c1. The third-order valence-corrected chi connectivity index (χ3v) is 3.06. The number of carbonyl (C=O) groups is 1. The van der Waals surface area contributed by atoms with Crippen LogP contribution in [0.25, 0.3) is 0 Å². The molecule has 3 nitrogen and oxygen atoms in total. The largest absolute Gasteiger partial charge is 0.380 e. The minimum Gasteiger partial charge on any atom is -0.380 e. The van der Waals surface area contributed by atoms with Crippen LogP contribution in [0, 0.1) is 0 Å². The molecule has 0 spiro atoms. The van der Waals surface area contributed by atoms with E-state index in [1.807, 2.05) is 12.1 Å². The van der Waals surface area contributed by atoms with Gasteiger partial charge in [0.25, 0.3) is 5.91 Å². The number of amides is 1. The fraction of sp³-hybridized carbons (Fsp3) is 0.133. The fourth-order valence-electron chi connectivity index (χ4n) is 1.80. The molecule has 0 aliphatic carbocycles. The Labute approximate surface area is 127 Å². The Balaban J connectivity index is 2.17. The van der Waals surface area contributed by atoms with E-state index in [0.717, 1.165) is 5.56 Å². The first kappa shape index (κ1) is 14.9. The molecule has 0 fully saturated rings. The summed E-state index contributed by atoms with van der Waals surface area (Å²) in [6.07, 6.45) is 0. The zero-order valence-electron chi connectivity index (χ0n) is 10.8. The Morgan fingerprint density at radius 3 is 2.50 bits per heavy atom. The van der Waals surface area contributed by atoms with Gasteiger partial charge in [-0.15, -0.1) is 0 Å². The summed E-state index contributed by atoms with van der Waals surface area (Å²) in [5, 5.41) is 3.71. The lowest BCUT2D eigenvalue weighted by Gasteiger charge is -2.08. The van der Waals surface area contributed by atoms with E-state index >= 15 is 0 Å². The molecular formula is C15H13Cl2NO2. The molecule has 2 aromatic rings. The highest BCUT2D eigenvalue weighted by atomic mass is 35.5. The van der Waals surface area contributed by atoms with E-state index in [4.69, 9.17) is 27.9 Å². The average molecular weight is 310 g/mol. The summed E-state index contributed by atoms with van der Waals surface area (Å²) in [6.45, 7) is 0.462. The lowest BCUT2D eigenvalue weighted by atomic mass is 10.1. The van der Waals surface area contributed by atoms with Crippen molar-refractivity contribution in [3.63, 3.8) is 0 Å². The molecule has 5 heteroatoms. The van der Waals surface area contributed by atoms with Crippen molar-refractivity contribution in [2.24, 2.45) is 0 Å². The molecule has 0 saturated heterocycles. The second-order valence-corrected chi connectivity index (χ2v) is 5.12.